The maximum atomic E-state index is 11.9. The highest BCUT2D eigenvalue weighted by molar-refractivity contribution is 5.74. The van der Waals surface area contributed by atoms with Crippen molar-refractivity contribution in [3.05, 3.63) is 17.0 Å². The molecule has 6 heteroatoms. The summed E-state index contributed by atoms with van der Waals surface area (Å²) in [7, 11) is 0. The Morgan fingerprint density at radius 2 is 1.77 bits per heavy atom. The van der Waals surface area contributed by atoms with Gasteiger partial charge in [0.05, 0.1) is 18.3 Å². The number of rotatable bonds is 8. The second-order valence-corrected chi connectivity index (χ2v) is 6.36. The number of carbonyl (C=O) groups excluding carboxylic acids is 1. The molecule has 0 aromatic carbocycles. The predicted octanol–water partition coefficient (Wildman–Crippen LogP) is 2.58. The van der Waals surface area contributed by atoms with Gasteiger partial charge in [-0.25, -0.2) is 4.79 Å². The van der Waals surface area contributed by atoms with E-state index in [-0.39, 0.29) is 18.1 Å². The number of carbonyl (C=O) groups is 1. The Bertz CT molecular complexity index is 452. The summed E-state index contributed by atoms with van der Waals surface area (Å²) in [4.78, 5) is 11.9. The van der Waals surface area contributed by atoms with Crippen LogP contribution in [0.25, 0.3) is 0 Å². The topological polar surface area (TPSA) is 76.4 Å². The SMILES string of the molecule is Cc1noc(C)c1C[C@H](C)NC(=O)N[C@H](C)COCC(C)C. The Morgan fingerprint density at radius 3 is 2.32 bits per heavy atom. The van der Waals surface area contributed by atoms with E-state index >= 15 is 0 Å². The van der Waals surface area contributed by atoms with Crippen molar-refractivity contribution in [3.8, 4) is 0 Å². The molecule has 0 bridgehead atoms. The van der Waals surface area contributed by atoms with Crippen molar-refractivity contribution in [2.24, 2.45) is 5.92 Å². The van der Waals surface area contributed by atoms with Crippen LogP contribution in [0, 0.1) is 19.8 Å². The minimum absolute atomic E-state index is 0.000539. The second-order valence-electron chi connectivity index (χ2n) is 6.36. The van der Waals surface area contributed by atoms with Crippen molar-refractivity contribution in [2.75, 3.05) is 13.2 Å². The molecule has 0 spiro atoms. The molecule has 126 valence electrons. The molecule has 0 unspecified atom stereocenters. The molecule has 2 atom stereocenters. The fraction of sp³-hybridized carbons (Fsp3) is 0.750. The third kappa shape index (κ3) is 6.47. The predicted molar refractivity (Wildman–Crippen MR) is 85.9 cm³/mol. The average molecular weight is 311 g/mol. The lowest BCUT2D eigenvalue weighted by Gasteiger charge is -2.18. The largest absolute Gasteiger partial charge is 0.379 e. The summed E-state index contributed by atoms with van der Waals surface area (Å²) >= 11 is 0. The monoisotopic (exact) mass is 311 g/mol. The summed E-state index contributed by atoms with van der Waals surface area (Å²) < 4.78 is 10.7. The first-order valence-corrected chi connectivity index (χ1v) is 7.86. The lowest BCUT2D eigenvalue weighted by atomic mass is 10.1. The summed E-state index contributed by atoms with van der Waals surface area (Å²) in [5.74, 6) is 1.30. The molecule has 1 heterocycles. The van der Waals surface area contributed by atoms with Crippen LogP contribution in [0.15, 0.2) is 4.52 Å². The second kappa shape index (κ2) is 8.78. The summed E-state index contributed by atoms with van der Waals surface area (Å²) in [5.41, 5.74) is 1.93. The van der Waals surface area contributed by atoms with Crippen LogP contribution in [-0.2, 0) is 11.2 Å². The zero-order chi connectivity index (χ0) is 16.7. The molecular weight excluding hydrogens is 282 g/mol. The van der Waals surface area contributed by atoms with E-state index in [4.69, 9.17) is 9.26 Å². The molecule has 0 fully saturated rings. The number of urea groups is 1. The van der Waals surface area contributed by atoms with Gasteiger partial charge in [-0.3, -0.25) is 0 Å². The first-order chi connectivity index (χ1) is 10.3. The van der Waals surface area contributed by atoms with E-state index < -0.39 is 0 Å². The zero-order valence-corrected chi connectivity index (χ0v) is 14.5. The van der Waals surface area contributed by atoms with E-state index in [1.54, 1.807) is 0 Å². The molecule has 2 amide bonds. The van der Waals surface area contributed by atoms with Crippen LogP contribution in [0.4, 0.5) is 4.79 Å². The zero-order valence-electron chi connectivity index (χ0n) is 14.5. The molecule has 1 rings (SSSR count). The van der Waals surface area contributed by atoms with Gasteiger partial charge in [0, 0.05) is 18.2 Å². The first-order valence-electron chi connectivity index (χ1n) is 7.86. The van der Waals surface area contributed by atoms with E-state index in [0.717, 1.165) is 17.0 Å². The lowest BCUT2D eigenvalue weighted by Crippen LogP contribution is -2.46. The van der Waals surface area contributed by atoms with Gasteiger partial charge in [0.25, 0.3) is 0 Å². The van der Waals surface area contributed by atoms with Gasteiger partial charge in [-0.2, -0.15) is 0 Å². The Balaban J connectivity index is 2.32. The highest BCUT2D eigenvalue weighted by Gasteiger charge is 2.15. The van der Waals surface area contributed by atoms with Crippen LogP contribution in [0.2, 0.25) is 0 Å². The van der Waals surface area contributed by atoms with E-state index in [1.165, 1.54) is 0 Å². The Morgan fingerprint density at radius 1 is 1.14 bits per heavy atom. The maximum Gasteiger partial charge on any atom is 0.315 e. The quantitative estimate of drug-likeness (QED) is 0.773. The van der Waals surface area contributed by atoms with Gasteiger partial charge in [-0.1, -0.05) is 19.0 Å². The molecule has 0 radical (unpaired) electrons. The maximum absolute atomic E-state index is 11.9. The molecule has 0 aliphatic rings. The van der Waals surface area contributed by atoms with Crippen molar-refractivity contribution in [2.45, 2.75) is 60.0 Å². The first kappa shape index (κ1) is 18.5. The van der Waals surface area contributed by atoms with Gasteiger partial charge < -0.3 is 19.9 Å². The van der Waals surface area contributed by atoms with Gasteiger partial charge in [0.1, 0.15) is 5.76 Å². The minimum Gasteiger partial charge on any atom is -0.379 e. The van der Waals surface area contributed by atoms with Crippen molar-refractivity contribution in [1.82, 2.24) is 15.8 Å². The molecule has 6 nitrogen and oxygen atoms in total. The van der Waals surface area contributed by atoms with Gasteiger partial charge in [0.15, 0.2) is 0 Å². The fourth-order valence-electron chi connectivity index (χ4n) is 2.16. The molecule has 0 aliphatic carbocycles. The fourth-order valence-corrected chi connectivity index (χ4v) is 2.16. The third-order valence-electron chi connectivity index (χ3n) is 3.27. The van der Waals surface area contributed by atoms with Crippen LogP contribution in [-0.4, -0.2) is 36.5 Å². The highest BCUT2D eigenvalue weighted by atomic mass is 16.5. The van der Waals surface area contributed by atoms with E-state index in [2.05, 4.69) is 29.6 Å². The number of aromatic nitrogens is 1. The molecular formula is C16H29N3O3. The van der Waals surface area contributed by atoms with Gasteiger partial charge >= 0.3 is 6.03 Å². The lowest BCUT2D eigenvalue weighted by molar-refractivity contribution is 0.0953. The van der Waals surface area contributed by atoms with E-state index in [0.29, 0.717) is 25.6 Å². The molecule has 0 saturated carbocycles. The normalized spacial score (nSPS) is 14.0. The molecule has 0 saturated heterocycles. The number of nitrogens with zero attached hydrogens (tertiary/aromatic N) is 1. The standard InChI is InChI=1S/C16H29N3O3/c1-10(2)8-21-9-12(4)18-16(20)17-11(3)7-15-13(5)19-22-14(15)6/h10-12H,7-9H2,1-6H3,(H2,17,18,20)/t11-,12+/m0/s1. The number of nitrogens with one attached hydrogen (secondary N) is 2. The molecule has 22 heavy (non-hydrogen) atoms. The molecule has 2 N–H and O–H groups in total. The van der Waals surface area contributed by atoms with Crippen LogP contribution in [0.1, 0.15) is 44.7 Å². The van der Waals surface area contributed by atoms with Crippen LogP contribution in [0.5, 0.6) is 0 Å². The van der Waals surface area contributed by atoms with Crippen LogP contribution < -0.4 is 10.6 Å². The van der Waals surface area contributed by atoms with Crippen molar-refractivity contribution < 1.29 is 14.1 Å². The van der Waals surface area contributed by atoms with Crippen LogP contribution >= 0.6 is 0 Å². The van der Waals surface area contributed by atoms with Crippen molar-refractivity contribution >= 4 is 6.03 Å². The van der Waals surface area contributed by atoms with Gasteiger partial charge in [0.2, 0.25) is 0 Å². The highest BCUT2D eigenvalue weighted by Crippen LogP contribution is 2.14. The number of aryl methyl sites for hydroxylation is 2. The smallest absolute Gasteiger partial charge is 0.315 e. The van der Waals surface area contributed by atoms with Crippen molar-refractivity contribution in [1.29, 1.82) is 0 Å². The number of hydrogen-bond donors (Lipinski definition) is 2. The number of hydrogen-bond acceptors (Lipinski definition) is 4. The Labute approximate surface area is 133 Å². The molecule has 1 aromatic rings. The summed E-state index contributed by atoms with van der Waals surface area (Å²) in [5, 5.41) is 9.73. The Kier molecular flexibility index (Phi) is 7.38. The van der Waals surface area contributed by atoms with E-state index in [1.807, 2.05) is 27.7 Å². The van der Waals surface area contributed by atoms with Gasteiger partial charge in [-0.15, -0.1) is 0 Å². The third-order valence-corrected chi connectivity index (χ3v) is 3.27. The molecule has 1 aromatic heterocycles. The number of ether oxygens (including phenoxy) is 1. The Hall–Kier alpha value is -1.56. The van der Waals surface area contributed by atoms with Crippen molar-refractivity contribution in [3.63, 3.8) is 0 Å². The summed E-state index contributed by atoms with van der Waals surface area (Å²) in [6.45, 7) is 13.1. The number of amides is 2. The van der Waals surface area contributed by atoms with Crippen LogP contribution in [0.3, 0.4) is 0 Å². The molecule has 0 aliphatic heterocycles. The average Bonchev–Trinajstić information content (AvgIpc) is 2.69. The van der Waals surface area contributed by atoms with Gasteiger partial charge in [-0.05, 0) is 40.0 Å². The summed E-state index contributed by atoms with van der Waals surface area (Å²) in [6, 6.07) is -0.203. The minimum atomic E-state index is -0.181. The van der Waals surface area contributed by atoms with E-state index in [9.17, 15) is 4.79 Å². The summed E-state index contributed by atoms with van der Waals surface area (Å²) in [6.07, 6.45) is 0.701.